The number of benzene rings is 1. The fourth-order valence-electron chi connectivity index (χ4n) is 3.55. The summed E-state index contributed by atoms with van der Waals surface area (Å²) in [5.74, 6) is 1.77. The average Bonchev–Trinajstić information content (AvgIpc) is 3.28. The van der Waals surface area contributed by atoms with Crippen molar-refractivity contribution in [3.05, 3.63) is 48.0 Å². The van der Waals surface area contributed by atoms with Crippen LogP contribution in [0, 0.1) is 11.7 Å². The number of halogens is 2. The lowest BCUT2D eigenvalue weighted by molar-refractivity contribution is 0.228. The number of hydrogen-bond acceptors (Lipinski definition) is 3. The molecule has 1 aliphatic heterocycles. The second-order valence-electron chi connectivity index (χ2n) is 7.41. The lowest BCUT2D eigenvalue weighted by Crippen LogP contribution is -2.40. The Morgan fingerprint density at radius 2 is 2.28 bits per heavy atom. The Hall–Kier alpha value is -1.84. The predicted molar refractivity (Wildman–Crippen MR) is 124 cm³/mol. The third kappa shape index (κ3) is 7.17. The molecule has 2 aromatic rings. The van der Waals surface area contributed by atoms with Crippen molar-refractivity contribution in [1.82, 2.24) is 20.0 Å². The number of nitrogens with one attached hydrogen (secondary N) is 1. The maximum Gasteiger partial charge on any atom is 0.194 e. The largest absolute Gasteiger partial charge is 0.489 e. The molecule has 3 rings (SSSR count). The molecule has 1 aromatic carbocycles. The van der Waals surface area contributed by atoms with Crippen molar-refractivity contribution in [3.63, 3.8) is 0 Å². The van der Waals surface area contributed by atoms with Crippen molar-refractivity contribution < 1.29 is 9.13 Å². The van der Waals surface area contributed by atoms with E-state index in [0.29, 0.717) is 18.2 Å². The summed E-state index contributed by atoms with van der Waals surface area (Å²) >= 11 is 0. The fourth-order valence-corrected chi connectivity index (χ4v) is 3.55. The molecule has 1 fully saturated rings. The van der Waals surface area contributed by atoms with E-state index in [1.54, 1.807) is 12.1 Å². The van der Waals surface area contributed by atoms with Gasteiger partial charge in [-0.25, -0.2) is 9.38 Å². The third-order valence-corrected chi connectivity index (χ3v) is 4.83. The Labute approximate surface area is 189 Å². The highest BCUT2D eigenvalue weighted by atomic mass is 127. The van der Waals surface area contributed by atoms with E-state index in [-0.39, 0.29) is 35.9 Å². The molecule has 0 amide bonds. The van der Waals surface area contributed by atoms with Gasteiger partial charge in [0.15, 0.2) is 5.96 Å². The van der Waals surface area contributed by atoms with Crippen LogP contribution in [0.3, 0.4) is 0 Å². The molecule has 6 nitrogen and oxygen atoms in total. The van der Waals surface area contributed by atoms with Crippen LogP contribution in [0.5, 0.6) is 5.75 Å². The van der Waals surface area contributed by atoms with Gasteiger partial charge in [0.25, 0.3) is 0 Å². The van der Waals surface area contributed by atoms with E-state index in [1.807, 2.05) is 24.9 Å². The van der Waals surface area contributed by atoms with Crippen LogP contribution in [0.15, 0.2) is 41.7 Å². The van der Waals surface area contributed by atoms with Crippen molar-refractivity contribution >= 4 is 29.9 Å². The molecule has 0 bridgehead atoms. The van der Waals surface area contributed by atoms with Crippen molar-refractivity contribution in [3.8, 4) is 5.75 Å². The van der Waals surface area contributed by atoms with Crippen LogP contribution in [-0.2, 0) is 13.5 Å². The monoisotopic (exact) mass is 515 g/mol. The summed E-state index contributed by atoms with van der Waals surface area (Å²) in [7, 11) is 1.95. The molecule has 2 atom stereocenters. The zero-order valence-corrected chi connectivity index (χ0v) is 19.7. The van der Waals surface area contributed by atoms with E-state index in [1.165, 1.54) is 17.7 Å². The molecule has 160 valence electrons. The number of likely N-dealkylation sites (tertiary alicyclic amines) is 1. The molecule has 8 heteroatoms. The summed E-state index contributed by atoms with van der Waals surface area (Å²) in [5, 5.41) is 7.65. The number of ether oxygens (including phenoxy) is 1. The first-order chi connectivity index (χ1) is 13.5. The van der Waals surface area contributed by atoms with Gasteiger partial charge in [0.1, 0.15) is 17.7 Å². The van der Waals surface area contributed by atoms with Crippen molar-refractivity contribution in [2.75, 3.05) is 26.2 Å². The maximum atomic E-state index is 13.3. The second-order valence-corrected chi connectivity index (χ2v) is 7.41. The zero-order chi connectivity index (χ0) is 19.9. The van der Waals surface area contributed by atoms with Gasteiger partial charge in [0.2, 0.25) is 0 Å². The topological polar surface area (TPSA) is 54.7 Å². The minimum Gasteiger partial charge on any atom is -0.489 e. The fraction of sp³-hybridized carbons (Fsp3) is 0.524. The van der Waals surface area contributed by atoms with E-state index >= 15 is 0 Å². The second kappa shape index (κ2) is 11.4. The first-order valence-corrected chi connectivity index (χ1v) is 9.96. The van der Waals surface area contributed by atoms with Gasteiger partial charge in [-0.05, 0) is 50.3 Å². The summed E-state index contributed by atoms with van der Waals surface area (Å²) in [5.41, 5.74) is 1.29. The minimum absolute atomic E-state index is 0. The minimum atomic E-state index is -0.293. The quantitative estimate of drug-likeness (QED) is 0.349. The molecule has 1 aliphatic rings. The average molecular weight is 515 g/mol. The van der Waals surface area contributed by atoms with Crippen LogP contribution in [0.4, 0.5) is 4.39 Å². The summed E-state index contributed by atoms with van der Waals surface area (Å²) in [6.45, 7) is 7.35. The maximum absolute atomic E-state index is 13.3. The third-order valence-electron chi connectivity index (χ3n) is 4.83. The van der Waals surface area contributed by atoms with E-state index in [0.717, 1.165) is 38.4 Å². The Kier molecular flexibility index (Phi) is 9.19. The SMILES string of the molecule is CCNC(=NCC(C)Oc1cccc(F)c1)N1CCC(Cc2cnn(C)c2)C1.I. The molecule has 2 heterocycles. The lowest BCUT2D eigenvalue weighted by Gasteiger charge is -2.22. The van der Waals surface area contributed by atoms with Crippen molar-refractivity contribution in [2.45, 2.75) is 32.8 Å². The first-order valence-electron chi connectivity index (χ1n) is 9.96. The van der Waals surface area contributed by atoms with Gasteiger partial charge < -0.3 is 15.0 Å². The van der Waals surface area contributed by atoms with Gasteiger partial charge in [0, 0.05) is 38.9 Å². The number of aromatic nitrogens is 2. The number of aliphatic imine (C=N–C) groups is 1. The number of nitrogens with zero attached hydrogens (tertiary/aromatic N) is 4. The summed E-state index contributed by atoms with van der Waals surface area (Å²) in [6.07, 6.45) is 6.10. The van der Waals surface area contributed by atoms with E-state index < -0.39 is 0 Å². The van der Waals surface area contributed by atoms with Crippen LogP contribution >= 0.6 is 24.0 Å². The predicted octanol–water partition coefficient (Wildman–Crippen LogP) is 3.47. The molecular formula is C21H31FIN5O. The smallest absolute Gasteiger partial charge is 0.194 e. The van der Waals surface area contributed by atoms with E-state index in [2.05, 4.69) is 28.4 Å². The van der Waals surface area contributed by atoms with Gasteiger partial charge in [-0.1, -0.05) is 6.07 Å². The van der Waals surface area contributed by atoms with Crippen LogP contribution in [0.25, 0.3) is 0 Å². The molecule has 1 saturated heterocycles. The van der Waals surface area contributed by atoms with Gasteiger partial charge in [-0.3, -0.25) is 4.68 Å². The van der Waals surface area contributed by atoms with Crippen molar-refractivity contribution in [2.24, 2.45) is 18.0 Å². The van der Waals surface area contributed by atoms with Gasteiger partial charge >= 0.3 is 0 Å². The highest BCUT2D eigenvalue weighted by molar-refractivity contribution is 14.0. The summed E-state index contributed by atoms with van der Waals surface area (Å²) in [6, 6.07) is 6.22. The normalized spacial score (nSPS) is 17.7. The van der Waals surface area contributed by atoms with Gasteiger partial charge in [-0.15, -0.1) is 24.0 Å². The summed E-state index contributed by atoms with van der Waals surface area (Å²) in [4.78, 5) is 7.07. The molecule has 0 spiro atoms. The molecule has 0 radical (unpaired) electrons. The van der Waals surface area contributed by atoms with Crippen LogP contribution < -0.4 is 10.1 Å². The highest BCUT2D eigenvalue weighted by Gasteiger charge is 2.25. The standard InChI is InChI=1S/C21H30FN5O.HI/c1-4-23-21(24-12-16(2)28-20-7-5-6-19(22)11-20)27-9-8-17(15-27)10-18-13-25-26(3)14-18;/h5-7,11,13-14,16-17H,4,8-10,12,15H2,1-3H3,(H,23,24);1H. The molecular weight excluding hydrogens is 484 g/mol. The molecule has 1 aromatic heterocycles. The Morgan fingerprint density at radius 3 is 2.97 bits per heavy atom. The number of aryl methyl sites for hydroxylation is 1. The molecule has 29 heavy (non-hydrogen) atoms. The Morgan fingerprint density at radius 1 is 1.45 bits per heavy atom. The first kappa shape index (κ1) is 23.4. The lowest BCUT2D eigenvalue weighted by atomic mass is 10.0. The van der Waals surface area contributed by atoms with Crippen molar-refractivity contribution in [1.29, 1.82) is 0 Å². The Bertz CT molecular complexity index is 797. The molecule has 0 saturated carbocycles. The van der Waals surface area contributed by atoms with E-state index in [4.69, 9.17) is 9.73 Å². The van der Waals surface area contributed by atoms with Gasteiger partial charge in [-0.2, -0.15) is 5.10 Å². The van der Waals surface area contributed by atoms with Crippen LogP contribution in [0.1, 0.15) is 25.8 Å². The molecule has 2 unspecified atom stereocenters. The van der Waals surface area contributed by atoms with Crippen LogP contribution in [0.2, 0.25) is 0 Å². The number of guanidine groups is 1. The molecule has 1 N–H and O–H groups in total. The molecule has 0 aliphatic carbocycles. The zero-order valence-electron chi connectivity index (χ0n) is 17.3. The van der Waals surface area contributed by atoms with E-state index in [9.17, 15) is 4.39 Å². The van der Waals surface area contributed by atoms with Crippen LogP contribution in [-0.4, -0.2) is 52.9 Å². The highest BCUT2D eigenvalue weighted by Crippen LogP contribution is 2.21. The summed E-state index contributed by atoms with van der Waals surface area (Å²) < 4.78 is 20.9. The van der Waals surface area contributed by atoms with Gasteiger partial charge in [0.05, 0.1) is 12.7 Å². The number of rotatable bonds is 7. The number of hydrogen-bond donors (Lipinski definition) is 1. The Balaban J connectivity index is 0.00000300.